The zero-order chi connectivity index (χ0) is 8.27. The molecule has 0 spiro atoms. The Hall–Kier alpha value is -0.870. The molecule has 1 aromatic rings. The van der Waals surface area contributed by atoms with Gasteiger partial charge in [-0.2, -0.15) is 5.10 Å². The van der Waals surface area contributed by atoms with Crippen LogP contribution in [-0.2, 0) is 13.5 Å². The largest absolute Gasteiger partial charge is 0.272 e. The predicted octanol–water partition coefficient (Wildman–Crippen LogP) is -0.266. The Morgan fingerprint density at radius 2 is 2.45 bits per heavy atom. The molecule has 11 heavy (non-hydrogen) atoms. The number of nitrogens with one attached hydrogen (secondary N) is 1. The monoisotopic (exact) mass is 154 g/mol. The third-order valence-electron chi connectivity index (χ3n) is 1.62. The molecular weight excluding hydrogens is 140 g/mol. The number of rotatable bonds is 3. The number of hydrogen-bond acceptors (Lipinski definition) is 3. The van der Waals surface area contributed by atoms with E-state index in [0.29, 0.717) is 0 Å². The molecule has 1 heterocycles. The Morgan fingerprint density at radius 1 is 1.73 bits per heavy atom. The van der Waals surface area contributed by atoms with Gasteiger partial charge in [-0.3, -0.25) is 16.0 Å². The highest BCUT2D eigenvalue weighted by Gasteiger charge is 1.99. The van der Waals surface area contributed by atoms with Gasteiger partial charge in [0.05, 0.1) is 5.69 Å². The number of aryl methyl sites for hydroxylation is 2. The molecule has 0 unspecified atom stereocenters. The topological polar surface area (TPSA) is 55.9 Å². The molecule has 0 saturated carbocycles. The Bertz CT molecular complexity index is 228. The Kier molecular flexibility index (Phi) is 2.62. The summed E-state index contributed by atoms with van der Waals surface area (Å²) in [5.74, 6) is 5.15. The third kappa shape index (κ3) is 2.03. The van der Waals surface area contributed by atoms with Crippen LogP contribution in [0.15, 0.2) is 6.07 Å². The van der Waals surface area contributed by atoms with Crippen molar-refractivity contribution in [3.05, 3.63) is 17.5 Å². The van der Waals surface area contributed by atoms with Gasteiger partial charge in [0.1, 0.15) is 0 Å². The Labute approximate surface area is 66.4 Å². The van der Waals surface area contributed by atoms with Gasteiger partial charge < -0.3 is 0 Å². The summed E-state index contributed by atoms with van der Waals surface area (Å²) in [6.07, 6.45) is 0.924. The third-order valence-corrected chi connectivity index (χ3v) is 1.62. The van der Waals surface area contributed by atoms with E-state index < -0.39 is 0 Å². The van der Waals surface area contributed by atoms with Gasteiger partial charge in [0.15, 0.2) is 0 Å². The highest BCUT2D eigenvalue weighted by Crippen LogP contribution is 2.01. The van der Waals surface area contributed by atoms with Crippen LogP contribution < -0.4 is 11.3 Å². The van der Waals surface area contributed by atoms with E-state index >= 15 is 0 Å². The minimum absolute atomic E-state index is 0.791. The maximum absolute atomic E-state index is 5.15. The van der Waals surface area contributed by atoms with Crippen LogP contribution in [0.2, 0.25) is 0 Å². The Morgan fingerprint density at radius 3 is 2.91 bits per heavy atom. The van der Waals surface area contributed by atoms with Crippen molar-refractivity contribution in [3.8, 4) is 0 Å². The van der Waals surface area contributed by atoms with Crippen LogP contribution in [0.3, 0.4) is 0 Å². The van der Waals surface area contributed by atoms with E-state index in [1.54, 1.807) is 0 Å². The fourth-order valence-electron chi connectivity index (χ4n) is 1.10. The fraction of sp³-hybridized carbons (Fsp3) is 0.571. The van der Waals surface area contributed by atoms with Crippen molar-refractivity contribution < 1.29 is 0 Å². The van der Waals surface area contributed by atoms with E-state index in [1.165, 1.54) is 5.69 Å². The molecule has 0 fully saturated rings. The lowest BCUT2D eigenvalue weighted by Crippen LogP contribution is -2.25. The first kappa shape index (κ1) is 8.23. The summed E-state index contributed by atoms with van der Waals surface area (Å²) in [6.45, 7) is 2.78. The molecule has 0 atom stereocenters. The van der Waals surface area contributed by atoms with E-state index in [0.717, 1.165) is 18.7 Å². The first-order chi connectivity index (χ1) is 5.24. The molecule has 4 heteroatoms. The van der Waals surface area contributed by atoms with Crippen molar-refractivity contribution in [1.82, 2.24) is 15.2 Å². The molecule has 0 aliphatic rings. The fourth-order valence-corrected chi connectivity index (χ4v) is 1.10. The van der Waals surface area contributed by atoms with Crippen LogP contribution in [0.1, 0.15) is 11.4 Å². The predicted molar refractivity (Wildman–Crippen MR) is 43.8 cm³/mol. The van der Waals surface area contributed by atoms with E-state index in [1.807, 2.05) is 18.7 Å². The van der Waals surface area contributed by atoms with E-state index in [9.17, 15) is 0 Å². The molecule has 0 aliphatic carbocycles. The average molecular weight is 154 g/mol. The molecule has 3 N–H and O–H groups in total. The first-order valence-corrected chi connectivity index (χ1v) is 3.67. The number of hydrogen-bond donors (Lipinski definition) is 2. The second-order valence-corrected chi connectivity index (χ2v) is 2.60. The molecule has 1 rings (SSSR count). The van der Waals surface area contributed by atoms with E-state index in [2.05, 4.69) is 16.6 Å². The second kappa shape index (κ2) is 3.50. The standard InChI is InChI=1S/C7H14N4/c1-6-5-7(3-4-9-8)11(2)10-6/h5,9H,3-4,8H2,1-2H3. The smallest absolute Gasteiger partial charge is 0.0596 e. The molecule has 1 aromatic heterocycles. The molecule has 0 aromatic carbocycles. The van der Waals surface area contributed by atoms with Gasteiger partial charge in [0.2, 0.25) is 0 Å². The number of nitrogens with two attached hydrogens (primary N) is 1. The van der Waals surface area contributed by atoms with Crippen molar-refractivity contribution in [2.24, 2.45) is 12.9 Å². The molecule has 0 amide bonds. The van der Waals surface area contributed by atoms with Gasteiger partial charge in [-0.25, -0.2) is 0 Å². The van der Waals surface area contributed by atoms with E-state index in [-0.39, 0.29) is 0 Å². The van der Waals surface area contributed by atoms with Crippen molar-refractivity contribution >= 4 is 0 Å². The lowest BCUT2D eigenvalue weighted by molar-refractivity contribution is 0.659. The van der Waals surface area contributed by atoms with Crippen LogP contribution in [0.5, 0.6) is 0 Å². The first-order valence-electron chi connectivity index (χ1n) is 3.67. The summed E-state index contributed by atoms with van der Waals surface area (Å²) in [5, 5.41) is 4.21. The maximum Gasteiger partial charge on any atom is 0.0596 e. The van der Waals surface area contributed by atoms with Crippen molar-refractivity contribution in [3.63, 3.8) is 0 Å². The number of hydrazine groups is 1. The molecule has 0 radical (unpaired) electrons. The van der Waals surface area contributed by atoms with Crippen LogP contribution in [-0.4, -0.2) is 16.3 Å². The minimum Gasteiger partial charge on any atom is -0.272 e. The summed E-state index contributed by atoms with van der Waals surface area (Å²) < 4.78 is 1.88. The Balaban J connectivity index is 2.62. The van der Waals surface area contributed by atoms with Crippen molar-refractivity contribution in [1.29, 1.82) is 0 Å². The second-order valence-electron chi connectivity index (χ2n) is 2.60. The summed E-state index contributed by atoms with van der Waals surface area (Å²) in [6, 6.07) is 2.07. The summed E-state index contributed by atoms with van der Waals surface area (Å²) in [5.41, 5.74) is 4.88. The van der Waals surface area contributed by atoms with Crippen molar-refractivity contribution in [2.75, 3.05) is 6.54 Å². The highest BCUT2D eigenvalue weighted by atomic mass is 15.3. The molecule has 62 valence electrons. The number of nitrogens with zero attached hydrogens (tertiary/aromatic N) is 2. The van der Waals surface area contributed by atoms with Gasteiger partial charge in [-0.05, 0) is 13.0 Å². The summed E-state index contributed by atoms with van der Waals surface area (Å²) in [7, 11) is 1.94. The maximum atomic E-state index is 5.15. The van der Waals surface area contributed by atoms with Gasteiger partial charge >= 0.3 is 0 Å². The lowest BCUT2D eigenvalue weighted by Gasteiger charge is -1.99. The summed E-state index contributed by atoms with van der Waals surface area (Å²) >= 11 is 0. The molecule has 0 saturated heterocycles. The average Bonchev–Trinajstić information content (AvgIpc) is 2.26. The quantitative estimate of drug-likeness (QED) is 0.465. The SMILES string of the molecule is Cc1cc(CCNN)n(C)n1. The number of aromatic nitrogens is 2. The highest BCUT2D eigenvalue weighted by molar-refractivity contribution is 5.08. The van der Waals surface area contributed by atoms with Gasteiger partial charge in [0, 0.05) is 25.7 Å². The molecule has 0 aliphatic heterocycles. The van der Waals surface area contributed by atoms with E-state index in [4.69, 9.17) is 5.84 Å². The van der Waals surface area contributed by atoms with Crippen LogP contribution in [0.4, 0.5) is 0 Å². The molecule has 0 bridgehead atoms. The zero-order valence-electron chi connectivity index (χ0n) is 6.96. The van der Waals surface area contributed by atoms with Crippen molar-refractivity contribution in [2.45, 2.75) is 13.3 Å². The van der Waals surface area contributed by atoms with Gasteiger partial charge in [-0.1, -0.05) is 0 Å². The van der Waals surface area contributed by atoms with Crippen LogP contribution >= 0.6 is 0 Å². The lowest BCUT2D eigenvalue weighted by atomic mass is 10.3. The van der Waals surface area contributed by atoms with Crippen LogP contribution in [0, 0.1) is 6.92 Å². The molecular formula is C7H14N4. The zero-order valence-corrected chi connectivity index (χ0v) is 6.96. The minimum atomic E-state index is 0.791. The molecule has 4 nitrogen and oxygen atoms in total. The van der Waals surface area contributed by atoms with Crippen LogP contribution in [0.25, 0.3) is 0 Å². The van der Waals surface area contributed by atoms with Gasteiger partial charge in [-0.15, -0.1) is 0 Å². The summed E-state index contributed by atoms with van der Waals surface area (Å²) in [4.78, 5) is 0. The normalized spacial score (nSPS) is 10.5. The van der Waals surface area contributed by atoms with Gasteiger partial charge in [0.25, 0.3) is 0 Å².